The fourth-order valence-electron chi connectivity index (χ4n) is 2.65. The van der Waals surface area contributed by atoms with Crippen LogP contribution in [0.25, 0.3) is 6.08 Å². The highest BCUT2D eigenvalue weighted by Crippen LogP contribution is 2.22. The van der Waals surface area contributed by atoms with Crippen LogP contribution in [-0.4, -0.2) is 18.8 Å². The molecule has 140 valence electrons. The first-order valence-corrected chi connectivity index (χ1v) is 10.1. The molecule has 2 aromatic carbocycles. The summed E-state index contributed by atoms with van der Waals surface area (Å²) < 4.78 is 27.0. The molecule has 0 radical (unpaired) electrons. The number of hydrogen-bond acceptors (Lipinski definition) is 4. The molecule has 0 aliphatic carbocycles. The average molecular weight is 411 g/mol. The summed E-state index contributed by atoms with van der Waals surface area (Å²) in [5.74, 6) is -0.226. The van der Waals surface area contributed by atoms with Gasteiger partial charge in [0.05, 0.1) is 4.90 Å². The lowest BCUT2D eigenvalue weighted by molar-refractivity contribution is 0.103. The summed E-state index contributed by atoms with van der Waals surface area (Å²) in [5.41, 5.74) is 1.27. The van der Waals surface area contributed by atoms with Gasteiger partial charge in [-0.1, -0.05) is 29.8 Å². The standard InChI is InChI=1S/C21H15ClN2O3S/c1-24-14-16(21(25)15-7-9-17(22)10-8-15)11-18(24)12-20(13-23)28(26,27)19-5-3-2-4-6-19/h2-12,14H,1H3/b20-12+. The maximum Gasteiger partial charge on any atom is 0.216 e. The molecule has 3 rings (SSSR count). The maximum absolute atomic E-state index is 12.7. The molecule has 1 aromatic heterocycles. The topological polar surface area (TPSA) is 79.9 Å². The zero-order valence-corrected chi connectivity index (χ0v) is 16.4. The van der Waals surface area contributed by atoms with Crippen molar-refractivity contribution in [2.45, 2.75) is 4.90 Å². The quantitative estimate of drug-likeness (QED) is 0.465. The monoisotopic (exact) mass is 410 g/mol. The van der Waals surface area contributed by atoms with E-state index in [1.165, 1.54) is 18.2 Å². The zero-order chi connectivity index (χ0) is 20.3. The smallest absolute Gasteiger partial charge is 0.216 e. The van der Waals surface area contributed by atoms with Crippen molar-refractivity contribution >= 4 is 33.3 Å². The number of ketones is 1. The normalized spacial score (nSPS) is 11.8. The minimum atomic E-state index is -3.95. The Kier molecular flexibility index (Phi) is 5.50. The van der Waals surface area contributed by atoms with Gasteiger partial charge in [0.25, 0.3) is 0 Å². The van der Waals surface area contributed by atoms with Gasteiger partial charge in [-0.2, -0.15) is 5.26 Å². The number of hydrogen-bond donors (Lipinski definition) is 0. The van der Waals surface area contributed by atoms with Crippen LogP contribution in [0.4, 0.5) is 0 Å². The molecule has 0 amide bonds. The molecule has 1 heterocycles. The summed E-state index contributed by atoms with van der Waals surface area (Å²) in [7, 11) is -2.27. The van der Waals surface area contributed by atoms with Crippen molar-refractivity contribution in [3.05, 3.63) is 93.6 Å². The molecule has 0 aliphatic rings. The summed E-state index contributed by atoms with van der Waals surface area (Å²) in [6.45, 7) is 0. The SMILES string of the molecule is Cn1cc(C(=O)c2ccc(Cl)cc2)cc1/C=C(\C#N)S(=O)(=O)c1ccccc1. The first kappa shape index (κ1) is 19.6. The van der Waals surface area contributed by atoms with Gasteiger partial charge in [-0.25, -0.2) is 8.42 Å². The lowest BCUT2D eigenvalue weighted by Crippen LogP contribution is -2.04. The number of sulfone groups is 1. The molecule has 28 heavy (non-hydrogen) atoms. The van der Waals surface area contributed by atoms with Crippen LogP contribution in [0.15, 0.2) is 76.7 Å². The molecule has 0 N–H and O–H groups in total. The van der Waals surface area contributed by atoms with E-state index in [0.717, 1.165) is 0 Å². The lowest BCUT2D eigenvalue weighted by Gasteiger charge is -2.03. The molecule has 5 nitrogen and oxygen atoms in total. The van der Waals surface area contributed by atoms with E-state index in [1.54, 1.807) is 72.4 Å². The number of carbonyl (C=O) groups is 1. The molecular formula is C21H15ClN2O3S. The third-order valence-corrected chi connectivity index (χ3v) is 6.08. The first-order valence-electron chi connectivity index (χ1n) is 8.21. The molecule has 0 saturated heterocycles. The summed E-state index contributed by atoms with van der Waals surface area (Å²) in [5, 5.41) is 9.93. The lowest BCUT2D eigenvalue weighted by atomic mass is 10.1. The van der Waals surface area contributed by atoms with Gasteiger partial charge in [-0.15, -0.1) is 0 Å². The third-order valence-electron chi connectivity index (χ3n) is 4.14. The van der Waals surface area contributed by atoms with Crippen LogP contribution in [0.1, 0.15) is 21.6 Å². The Labute approximate surface area is 168 Å². The van der Waals surface area contributed by atoms with Crippen molar-refractivity contribution in [1.29, 1.82) is 5.26 Å². The minimum Gasteiger partial charge on any atom is -0.350 e. The van der Waals surface area contributed by atoms with Gasteiger partial charge in [-0.05, 0) is 48.5 Å². The fraction of sp³-hybridized carbons (Fsp3) is 0.0476. The van der Waals surface area contributed by atoms with E-state index in [9.17, 15) is 18.5 Å². The number of nitrogens with zero attached hydrogens (tertiary/aromatic N) is 2. The fourth-order valence-corrected chi connectivity index (χ4v) is 3.94. The Hall–Kier alpha value is -3.14. The largest absolute Gasteiger partial charge is 0.350 e. The van der Waals surface area contributed by atoms with Crippen LogP contribution in [0.3, 0.4) is 0 Å². The number of aryl methyl sites for hydroxylation is 1. The Bertz CT molecular complexity index is 1200. The Morgan fingerprint density at radius 2 is 1.71 bits per heavy atom. The maximum atomic E-state index is 12.7. The van der Waals surface area contributed by atoms with E-state index in [0.29, 0.717) is 21.8 Å². The van der Waals surface area contributed by atoms with Crippen LogP contribution in [0.5, 0.6) is 0 Å². The molecule has 0 bridgehead atoms. The van der Waals surface area contributed by atoms with E-state index in [4.69, 9.17) is 11.6 Å². The van der Waals surface area contributed by atoms with E-state index in [-0.39, 0.29) is 10.7 Å². The highest BCUT2D eigenvalue weighted by atomic mass is 35.5. The van der Waals surface area contributed by atoms with Crippen molar-refractivity contribution < 1.29 is 13.2 Å². The predicted octanol–water partition coefficient (Wildman–Crippen LogP) is 4.25. The molecule has 0 unspecified atom stereocenters. The van der Waals surface area contributed by atoms with Crippen molar-refractivity contribution in [2.75, 3.05) is 0 Å². The molecule has 7 heteroatoms. The van der Waals surface area contributed by atoms with Gasteiger partial charge in [0.15, 0.2) is 10.7 Å². The number of rotatable bonds is 5. The Balaban J connectivity index is 1.99. The first-order chi connectivity index (χ1) is 13.3. The number of benzene rings is 2. The number of carbonyl (C=O) groups excluding carboxylic acids is 1. The van der Waals surface area contributed by atoms with E-state index < -0.39 is 14.7 Å². The molecule has 0 fully saturated rings. The molecular weight excluding hydrogens is 396 g/mol. The van der Waals surface area contributed by atoms with Crippen molar-refractivity contribution in [3.63, 3.8) is 0 Å². The van der Waals surface area contributed by atoms with Gasteiger partial charge in [0.1, 0.15) is 6.07 Å². The number of allylic oxidation sites excluding steroid dienone is 1. The van der Waals surface area contributed by atoms with Gasteiger partial charge in [0, 0.05) is 35.1 Å². The zero-order valence-electron chi connectivity index (χ0n) is 14.8. The second-order valence-electron chi connectivity index (χ2n) is 6.04. The summed E-state index contributed by atoms with van der Waals surface area (Å²) in [4.78, 5) is 12.3. The second-order valence-corrected chi connectivity index (χ2v) is 8.39. The molecule has 0 atom stereocenters. The summed E-state index contributed by atoms with van der Waals surface area (Å²) >= 11 is 5.85. The average Bonchev–Trinajstić information content (AvgIpc) is 3.07. The van der Waals surface area contributed by atoms with E-state index >= 15 is 0 Å². The Morgan fingerprint density at radius 1 is 1.07 bits per heavy atom. The Morgan fingerprint density at radius 3 is 2.32 bits per heavy atom. The van der Waals surface area contributed by atoms with Gasteiger partial charge < -0.3 is 4.57 Å². The minimum absolute atomic E-state index is 0.0365. The summed E-state index contributed by atoms with van der Waals surface area (Å²) in [6, 6.07) is 17.5. The molecule has 3 aromatic rings. The number of nitriles is 1. The van der Waals surface area contributed by atoms with Crippen molar-refractivity contribution in [3.8, 4) is 6.07 Å². The van der Waals surface area contributed by atoms with Gasteiger partial charge in [0.2, 0.25) is 9.84 Å². The van der Waals surface area contributed by atoms with Gasteiger partial charge >= 0.3 is 0 Å². The van der Waals surface area contributed by atoms with Crippen LogP contribution in [-0.2, 0) is 16.9 Å². The predicted molar refractivity (Wildman–Crippen MR) is 108 cm³/mol. The second kappa shape index (κ2) is 7.85. The van der Waals surface area contributed by atoms with Crippen LogP contribution in [0, 0.1) is 11.3 Å². The van der Waals surface area contributed by atoms with Gasteiger partial charge in [-0.3, -0.25) is 4.79 Å². The molecule has 0 saturated carbocycles. The highest BCUT2D eigenvalue weighted by molar-refractivity contribution is 7.95. The highest BCUT2D eigenvalue weighted by Gasteiger charge is 2.21. The van der Waals surface area contributed by atoms with E-state index in [1.807, 2.05) is 0 Å². The van der Waals surface area contributed by atoms with Crippen molar-refractivity contribution in [1.82, 2.24) is 4.57 Å². The molecule has 0 aliphatic heterocycles. The summed E-state index contributed by atoms with van der Waals surface area (Å²) in [6.07, 6.45) is 2.86. The molecule has 0 spiro atoms. The van der Waals surface area contributed by atoms with Crippen LogP contribution in [0.2, 0.25) is 5.02 Å². The van der Waals surface area contributed by atoms with Crippen LogP contribution < -0.4 is 0 Å². The number of halogens is 1. The van der Waals surface area contributed by atoms with E-state index in [2.05, 4.69) is 0 Å². The number of aromatic nitrogens is 1. The third kappa shape index (κ3) is 3.91. The van der Waals surface area contributed by atoms with Crippen LogP contribution >= 0.6 is 11.6 Å². The van der Waals surface area contributed by atoms with Crippen molar-refractivity contribution in [2.24, 2.45) is 7.05 Å².